The molecule has 0 aliphatic rings. The Morgan fingerprint density at radius 1 is 1.43 bits per heavy atom. The maximum atomic E-state index is 12.2. The number of hydrogen-bond acceptors (Lipinski definition) is 4. The van der Waals surface area contributed by atoms with Crippen molar-refractivity contribution in [3.63, 3.8) is 0 Å². The van der Waals surface area contributed by atoms with Crippen molar-refractivity contribution in [2.24, 2.45) is 5.73 Å². The molecule has 0 spiro atoms. The average Bonchev–Trinajstić information content (AvgIpc) is 3.20. The highest BCUT2D eigenvalue weighted by atomic mass is 32.1. The van der Waals surface area contributed by atoms with Crippen molar-refractivity contribution in [1.29, 1.82) is 0 Å². The zero-order valence-corrected chi connectivity index (χ0v) is 13.8. The Hall–Kier alpha value is -2.18. The molecule has 0 unspecified atom stereocenters. The van der Waals surface area contributed by atoms with Gasteiger partial charge in [0.05, 0.1) is 12.6 Å². The van der Waals surface area contributed by atoms with Gasteiger partial charge in [-0.15, -0.1) is 11.3 Å². The summed E-state index contributed by atoms with van der Waals surface area (Å²) in [7, 11) is 0. The summed E-state index contributed by atoms with van der Waals surface area (Å²) in [4.78, 5) is 20.9. The number of aromatic nitrogens is 2. The van der Waals surface area contributed by atoms with Gasteiger partial charge in [0.25, 0.3) is 0 Å². The van der Waals surface area contributed by atoms with Crippen molar-refractivity contribution >= 4 is 28.1 Å². The Kier molecular flexibility index (Phi) is 4.73. The zero-order valence-electron chi connectivity index (χ0n) is 13.0. The number of benzene rings is 1. The molecule has 3 aromatic rings. The maximum Gasteiger partial charge on any atom is 0.237 e. The summed E-state index contributed by atoms with van der Waals surface area (Å²) in [6.07, 6.45) is 5.25. The third-order valence-corrected chi connectivity index (χ3v) is 4.96. The topological polar surface area (TPSA) is 83.8 Å². The predicted molar refractivity (Wildman–Crippen MR) is 93.3 cm³/mol. The van der Waals surface area contributed by atoms with Gasteiger partial charge in [0.1, 0.15) is 5.01 Å². The molecular formula is C17H20N4OS. The molecule has 5 nitrogen and oxygen atoms in total. The summed E-state index contributed by atoms with van der Waals surface area (Å²) in [5.74, 6) is -0.150. The van der Waals surface area contributed by atoms with E-state index in [-0.39, 0.29) is 5.91 Å². The van der Waals surface area contributed by atoms with Crippen molar-refractivity contribution in [1.82, 2.24) is 15.3 Å². The monoisotopic (exact) mass is 328 g/mol. The molecule has 2 heterocycles. The number of hydrogen-bond donors (Lipinski definition) is 3. The van der Waals surface area contributed by atoms with Crippen molar-refractivity contribution in [2.75, 3.05) is 0 Å². The number of fused-ring (bicyclic) bond motifs is 1. The van der Waals surface area contributed by atoms with Crippen LogP contribution in [0.15, 0.2) is 36.7 Å². The largest absolute Gasteiger partial charge is 0.361 e. The van der Waals surface area contributed by atoms with Crippen LogP contribution in [0.25, 0.3) is 10.9 Å². The van der Waals surface area contributed by atoms with Crippen molar-refractivity contribution in [2.45, 2.75) is 32.4 Å². The number of nitrogens with two attached hydrogens (primary N) is 1. The first-order valence-electron chi connectivity index (χ1n) is 7.69. The number of carbonyl (C=O) groups is 1. The number of nitrogens with one attached hydrogen (secondary N) is 2. The summed E-state index contributed by atoms with van der Waals surface area (Å²) in [5, 5.41) is 4.90. The minimum absolute atomic E-state index is 0.150. The smallest absolute Gasteiger partial charge is 0.237 e. The van der Waals surface area contributed by atoms with E-state index in [2.05, 4.69) is 22.2 Å². The van der Waals surface area contributed by atoms with Gasteiger partial charge in [-0.1, -0.05) is 25.1 Å². The van der Waals surface area contributed by atoms with Gasteiger partial charge in [0.15, 0.2) is 0 Å². The van der Waals surface area contributed by atoms with E-state index < -0.39 is 6.04 Å². The fourth-order valence-corrected chi connectivity index (χ4v) is 3.32. The third kappa shape index (κ3) is 3.60. The standard InChI is InChI=1S/C17H20N4OS/c1-2-12-9-20-16(23-12)10-21-17(22)14(18)7-11-8-19-15-6-4-3-5-13(11)15/h3-6,8-9,14,19H,2,7,10,18H2,1H3,(H,21,22)/t14-/m0/s1. The molecule has 23 heavy (non-hydrogen) atoms. The maximum absolute atomic E-state index is 12.2. The number of nitrogens with zero attached hydrogens (tertiary/aromatic N) is 1. The molecule has 0 saturated heterocycles. The van der Waals surface area contributed by atoms with Crippen LogP contribution in [0.4, 0.5) is 0 Å². The second-order valence-corrected chi connectivity index (χ2v) is 6.66. The van der Waals surface area contributed by atoms with Gasteiger partial charge < -0.3 is 16.0 Å². The third-order valence-electron chi connectivity index (χ3n) is 3.82. The Morgan fingerprint density at radius 3 is 3.04 bits per heavy atom. The second kappa shape index (κ2) is 6.93. The van der Waals surface area contributed by atoms with Crippen molar-refractivity contribution < 1.29 is 4.79 Å². The van der Waals surface area contributed by atoms with E-state index in [1.165, 1.54) is 4.88 Å². The van der Waals surface area contributed by atoms with E-state index >= 15 is 0 Å². The highest BCUT2D eigenvalue weighted by Crippen LogP contribution is 2.19. The molecule has 1 atom stereocenters. The van der Waals surface area contributed by atoms with Crippen LogP contribution in [-0.4, -0.2) is 21.9 Å². The van der Waals surface area contributed by atoms with Gasteiger partial charge >= 0.3 is 0 Å². The Bertz CT molecular complexity index is 808. The van der Waals surface area contributed by atoms with E-state index in [1.54, 1.807) is 11.3 Å². The molecule has 1 aromatic carbocycles. The second-order valence-electron chi connectivity index (χ2n) is 5.46. The summed E-state index contributed by atoms with van der Waals surface area (Å²) in [5.41, 5.74) is 8.17. The molecule has 0 fully saturated rings. The van der Waals surface area contributed by atoms with Gasteiger partial charge in [-0.3, -0.25) is 4.79 Å². The Balaban J connectivity index is 1.59. The number of aromatic amines is 1. The lowest BCUT2D eigenvalue weighted by Gasteiger charge is -2.11. The summed E-state index contributed by atoms with van der Waals surface area (Å²) >= 11 is 1.62. The number of thiazole rings is 1. The molecule has 0 saturated carbocycles. The van der Waals surface area contributed by atoms with Gasteiger partial charge in [0.2, 0.25) is 5.91 Å². The van der Waals surface area contributed by atoms with Gasteiger partial charge in [-0.2, -0.15) is 0 Å². The van der Waals surface area contributed by atoms with Crippen LogP contribution in [0.3, 0.4) is 0 Å². The molecule has 4 N–H and O–H groups in total. The first-order chi connectivity index (χ1) is 11.2. The van der Waals surface area contributed by atoms with Crippen LogP contribution < -0.4 is 11.1 Å². The van der Waals surface area contributed by atoms with E-state index in [4.69, 9.17) is 5.73 Å². The molecule has 0 aliphatic heterocycles. The number of amides is 1. The van der Waals surface area contributed by atoms with Crippen LogP contribution in [0.5, 0.6) is 0 Å². The molecule has 1 amide bonds. The van der Waals surface area contributed by atoms with Gasteiger partial charge in [0, 0.05) is 28.2 Å². The first-order valence-corrected chi connectivity index (χ1v) is 8.51. The lowest BCUT2D eigenvalue weighted by molar-refractivity contribution is -0.122. The molecular weight excluding hydrogens is 308 g/mol. The highest BCUT2D eigenvalue weighted by Gasteiger charge is 2.16. The molecule has 3 rings (SSSR count). The Morgan fingerprint density at radius 2 is 2.26 bits per heavy atom. The van der Waals surface area contributed by atoms with Gasteiger partial charge in [-0.25, -0.2) is 4.98 Å². The number of H-pyrrole nitrogens is 1. The quantitative estimate of drug-likeness (QED) is 0.649. The average molecular weight is 328 g/mol. The zero-order chi connectivity index (χ0) is 16.2. The number of para-hydroxylation sites is 1. The number of carbonyl (C=O) groups excluding carboxylic acids is 1. The fourth-order valence-electron chi connectivity index (χ4n) is 2.52. The number of rotatable bonds is 6. The van der Waals surface area contributed by atoms with Crippen LogP contribution in [0, 0.1) is 0 Å². The van der Waals surface area contributed by atoms with E-state index in [1.807, 2.05) is 36.7 Å². The summed E-state index contributed by atoms with van der Waals surface area (Å²) in [6, 6.07) is 7.44. The normalized spacial score (nSPS) is 12.4. The van der Waals surface area contributed by atoms with Crippen molar-refractivity contribution in [3.8, 4) is 0 Å². The molecule has 6 heteroatoms. The van der Waals surface area contributed by atoms with Crippen LogP contribution >= 0.6 is 11.3 Å². The summed E-state index contributed by atoms with van der Waals surface area (Å²) < 4.78 is 0. The molecule has 0 bridgehead atoms. The van der Waals surface area contributed by atoms with E-state index in [0.717, 1.165) is 27.9 Å². The molecule has 2 aromatic heterocycles. The molecule has 120 valence electrons. The predicted octanol–water partition coefficient (Wildman–Crippen LogP) is 2.37. The lowest BCUT2D eigenvalue weighted by Crippen LogP contribution is -2.41. The van der Waals surface area contributed by atoms with Crippen LogP contribution in [0.1, 0.15) is 22.4 Å². The molecule has 0 radical (unpaired) electrons. The van der Waals surface area contributed by atoms with Crippen LogP contribution in [0.2, 0.25) is 0 Å². The van der Waals surface area contributed by atoms with Crippen molar-refractivity contribution in [3.05, 3.63) is 52.1 Å². The van der Waals surface area contributed by atoms with E-state index in [9.17, 15) is 4.79 Å². The first kappa shape index (κ1) is 15.7. The minimum Gasteiger partial charge on any atom is -0.361 e. The van der Waals surface area contributed by atoms with Gasteiger partial charge in [-0.05, 0) is 24.5 Å². The summed E-state index contributed by atoms with van der Waals surface area (Å²) in [6.45, 7) is 2.53. The SMILES string of the molecule is CCc1cnc(CNC(=O)[C@@H](N)Cc2c[nH]c3ccccc23)s1. The lowest BCUT2D eigenvalue weighted by atomic mass is 10.1. The fraction of sp³-hybridized carbons (Fsp3) is 0.294. The minimum atomic E-state index is -0.570. The highest BCUT2D eigenvalue weighted by molar-refractivity contribution is 7.11. The van der Waals surface area contributed by atoms with E-state index in [0.29, 0.717) is 13.0 Å². The molecule has 0 aliphatic carbocycles. The number of aryl methyl sites for hydroxylation is 1. The Labute approximate surface area is 138 Å². The van der Waals surface area contributed by atoms with Crippen LogP contribution in [-0.2, 0) is 24.2 Å².